The molecule has 43 heavy (non-hydrogen) atoms. The number of sulfonamides is 1. The normalized spacial score (nSPS) is 14.2. The number of fused-ring (bicyclic) bond motifs is 2. The van der Waals surface area contributed by atoms with Crippen LogP contribution in [0.2, 0.25) is 0 Å². The Kier molecular flexibility index (Phi) is 6.79. The van der Waals surface area contributed by atoms with Crippen molar-refractivity contribution in [3.63, 3.8) is 0 Å². The van der Waals surface area contributed by atoms with Gasteiger partial charge in [0.2, 0.25) is 10.0 Å². The van der Waals surface area contributed by atoms with Gasteiger partial charge in [0.1, 0.15) is 12.2 Å². The highest BCUT2D eigenvalue weighted by Crippen LogP contribution is 2.29. The second kappa shape index (κ2) is 10.8. The largest absolute Gasteiger partial charge is 0.368 e. The van der Waals surface area contributed by atoms with Crippen molar-refractivity contribution in [2.45, 2.75) is 11.4 Å². The van der Waals surface area contributed by atoms with Crippen molar-refractivity contribution in [2.24, 2.45) is 14.1 Å². The van der Waals surface area contributed by atoms with E-state index < -0.39 is 10.0 Å². The van der Waals surface area contributed by atoms with Crippen molar-refractivity contribution in [3.8, 4) is 11.4 Å². The minimum Gasteiger partial charge on any atom is -0.368 e. The van der Waals surface area contributed by atoms with Crippen LogP contribution >= 0.6 is 0 Å². The lowest BCUT2D eigenvalue weighted by atomic mass is 10.1. The number of para-hydroxylation sites is 1. The van der Waals surface area contributed by atoms with E-state index >= 15 is 0 Å². The Labute approximate surface area is 249 Å². The average Bonchev–Trinajstić information content (AvgIpc) is 3.62. The molecule has 0 unspecified atom stereocenters. The minimum atomic E-state index is -3.69. The van der Waals surface area contributed by atoms with E-state index in [2.05, 4.69) is 35.7 Å². The molecule has 0 saturated carbocycles. The van der Waals surface area contributed by atoms with Crippen molar-refractivity contribution < 1.29 is 8.42 Å². The third kappa shape index (κ3) is 5.08. The average molecular weight is 594 g/mol. The number of hydrogen-bond donors (Lipinski definition) is 1. The highest BCUT2D eigenvalue weighted by molar-refractivity contribution is 7.89. The zero-order valence-electron chi connectivity index (χ0n) is 23.9. The lowest BCUT2D eigenvalue weighted by Gasteiger charge is -2.37. The summed E-state index contributed by atoms with van der Waals surface area (Å²) in [6.45, 7) is 3.18. The first-order chi connectivity index (χ1) is 20.9. The van der Waals surface area contributed by atoms with Gasteiger partial charge >= 0.3 is 0 Å². The molecule has 0 spiro atoms. The van der Waals surface area contributed by atoms with Crippen molar-refractivity contribution in [2.75, 3.05) is 36.0 Å². The van der Waals surface area contributed by atoms with Crippen LogP contribution in [0, 0.1) is 0 Å². The third-order valence-corrected chi connectivity index (χ3v) is 9.39. The maximum atomic E-state index is 13.2. The van der Waals surface area contributed by atoms with E-state index in [0.29, 0.717) is 0 Å². The second-order valence-corrected chi connectivity index (χ2v) is 12.5. The SMILES string of the molecule is Cn1cc(-c2nc3c(N4CCN(c5ccccc5CNS(=O)(=O)c5ccc6ccccc6c5)CC4)ncnc3n2C)cn1. The second-order valence-electron chi connectivity index (χ2n) is 10.7. The summed E-state index contributed by atoms with van der Waals surface area (Å²) in [7, 11) is 0.151. The van der Waals surface area contributed by atoms with Gasteiger partial charge in [-0.2, -0.15) is 5.10 Å². The Morgan fingerprint density at radius 3 is 2.40 bits per heavy atom. The Morgan fingerprint density at radius 2 is 1.60 bits per heavy atom. The molecule has 218 valence electrons. The van der Waals surface area contributed by atoms with E-state index in [0.717, 1.165) is 76.6 Å². The van der Waals surface area contributed by atoms with Crippen molar-refractivity contribution in [1.82, 2.24) is 34.0 Å². The van der Waals surface area contributed by atoms with Crippen LogP contribution in [0.3, 0.4) is 0 Å². The van der Waals surface area contributed by atoms with E-state index in [1.54, 1.807) is 29.3 Å². The number of rotatable bonds is 7. The topological polar surface area (TPSA) is 114 Å². The maximum Gasteiger partial charge on any atom is 0.240 e. The summed E-state index contributed by atoms with van der Waals surface area (Å²) < 4.78 is 33.0. The number of anilines is 2. The molecule has 1 aliphatic heterocycles. The van der Waals surface area contributed by atoms with Gasteiger partial charge in [0.15, 0.2) is 17.0 Å². The quantitative estimate of drug-likeness (QED) is 0.298. The fourth-order valence-electron chi connectivity index (χ4n) is 5.73. The van der Waals surface area contributed by atoms with Crippen molar-refractivity contribution >= 4 is 43.5 Å². The molecule has 0 radical (unpaired) electrons. The lowest BCUT2D eigenvalue weighted by molar-refractivity contribution is 0.581. The molecular weight excluding hydrogens is 562 g/mol. The van der Waals surface area contributed by atoms with E-state index in [9.17, 15) is 8.42 Å². The fraction of sp³-hybridized carbons (Fsp3) is 0.226. The monoisotopic (exact) mass is 593 g/mol. The zero-order valence-corrected chi connectivity index (χ0v) is 24.7. The number of nitrogens with one attached hydrogen (secondary N) is 1. The molecule has 1 saturated heterocycles. The Morgan fingerprint density at radius 1 is 0.860 bits per heavy atom. The van der Waals surface area contributed by atoms with Gasteiger partial charge in [0.05, 0.1) is 16.7 Å². The van der Waals surface area contributed by atoms with Crippen LogP contribution in [0.15, 0.2) is 90.3 Å². The molecule has 4 heterocycles. The van der Waals surface area contributed by atoms with Crippen LogP contribution < -0.4 is 14.5 Å². The van der Waals surface area contributed by atoms with E-state index in [1.165, 1.54) is 0 Å². The summed E-state index contributed by atoms with van der Waals surface area (Å²) in [5, 5.41) is 6.18. The molecule has 6 aromatic rings. The first kappa shape index (κ1) is 27.0. The van der Waals surface area contributed by atoms with Crippen molar-refractivity contribution in [1.29, 1.82) is 0 Å². The van der Waals surface area contributed by atoms with Crippen LogP contribution in [0.1, 0.15) is 5.56 Å². The minimum absolute atomic E-state index is 0.198. The number of aryl methyl sites for hydroxylation is 2. The number of benzene rings is 3. The van der Waals surface area contributed by atoms with Gasteiger partial charge < -0.3 is 14.4 Å². The first-order valence-corrected chi connectivity index (χ1v) is 15.6. The zero-order chi connectivity index (χ0) is 29.6. The summed E-state index contributed by atoms with van der Waals surface area (Å²) in [5.74, 6) is 1.61. The predicted octanol–water partition coefficient (Wildman–Crippen LogP) is 3.72. The lowest BCUT2D eigenvalue weighted by Crippen LogP contribution is -2.47. The highest BCUT2D eigenvalue weighted by Gasteiger charge is 2.25. The number of hydrogen-bond acceptors (Lipinski definition) is 8. The molecule has 0 aliphatic carbocycles. The molecule has 3 aromatic heterocycles. The molecule has 3 aromatic carbocycles. The number of imidazole rings is 1. The number of nitrogens with zero attached hydrogens (tertiary/aromatic N) is 8. The summed E-state index contributed by atoms with van der Waals surface area (Å²) >= 11 is 0. The Bertz CT molecular complexity index is 2060. The van der Waals surface area contributed by atoms with Gasteiger partial charge in [-0.3, -0.25) is 4.68 Å². The fourth-order valence-corrected chi connectivity index (χ4v) is 6.77. The van der Waals surface area contributed by atoms with Crippen molar-refractivity contribution in [3.05, 3.63) is 91.0 Å². The molecule has 12 heteroatoms. The predicted molar refractivity (Wildman–Crippen MR) is 167 cm³/mol. The van der Waals surface area contributed by atoms with Gasteiger partial charge in [-0.05, 0) is 34.5 Å². The Hall–Kier alpha value is -4.81. The third-order valence-electron chi connectivity index (χ3n) is 8.00. The molecule has 1 N–H and O–H groups in total. The molecule has 0 atom stereocenters. The summed E-state index contributed by atoms with van der Waals surface area (Å²) in [4.78, 5) is 18.9. The van der Waals surface area contributed by atoms with Gasteiger partial charge in [-0.1, -0.05) is 48.5 Å². The number of aromatic nitrogens is 6. The van der Waals surface area contributed by atoms with Gasteiger partial charge in [0, 0.05) is 58.7 Å². The molecule has 0 bridgehead atoms. The van der Waals surface area contributed by atoms with Crippen LogP contribution in [-0.2, 0) is 30.7 Å². The number of piperazine rings is 1. The van der Waals surface area contributed by atoms with E-state index in [-0.39, 0.29) is 11.4 Å². The van der Waals surface area contributed by atoms with Crippen LogP contribution in [0.5, 0.6) is 0 Å². The molecule has 7 rings (SSSR count). The van der Waals surface area contributed by atoms with Gasteiger partial charge in [0.25, 0.3) is 0 Å². The first-order valence-electron chi connectivity index (χ1n) is 14.1. The van der Waals surface area contributed by atoms with Crippen LogP contribution in [0.4, 0.5) is 11.5 Å². The summed E-state index contributed by atoms with van der Waals surface area (Å²) in [6.07, 6.45) is 5.33. The van der Waals surface area contributed by atoms with E-state index in [4.69, 9.17) is 4.98 Å². The van der Waals surface area contributed by atoms with Gasteiger partial charge in [-0.15, -0.1) is 0 Å². The molecule has 1 aliphatic rings. The van der Waals surface area contributed by atoms with Crippen LogP contribution in [-0.4, -0.2) is 63.9 Å². The Balaban J connectivity index is 1.07. The summed E-state index contributed by atoms with van der Waals surface area (Å²) in [5.41, 5.74) is 4.41. The summed E-state index contributed by atoms with van der Waals surface area (Å²) in [6, 6.07) is 20.9. The molecule has 11 nitrogen and oxygen atoms in total. The smallest absolute Gasteiger partial charge is 0.240 e. The standard InChI is InChI=1S/C31H31N9O2S/c1-37-20-25(18-34-37)29-36-28-30(38(29)2)32-21-33-31(28)40-15-13-39(14-16-40)27-10-6-5-9-24(27)19-35-43(41,42)26-12-11-22-7-3-4-8-23(22)17-26/h3-12,17-18,20-21,35H,13-16,19H2,1-2H3. The highest BCUT2D eigenvalue weighted by atomic mass is 32.2. The molecular formula is C31H31N9O2S. The molecule has 1 fully saturated rings. The van der Waals surface area contributed by atoms with Crippen LogP contribution in [0.25, 0.3) is 33.3 Å². The van der Waals surface area contributed by atoms with Gasteiger partial charge in [-0.25, -0.2) is 28.1 Å². The molecule has 0 amide bonds. The van der Waals surface area contributed by atoms with E-state index in [1.807, 2.05) is 73.4 Å². The maximum absolute atomic E-state index is 13.2.